The largest absolute Gasteiger partial charge is 0.497 e. The molecule has 0 aliphatic rings. The second kappa shape index (κ2) is 9.54. The first kappa shape index (κ1) is 21.9. The summed E-state index contributed by atoms with van der Waals surface area (Å²) < 4.78 is 37.3. The Morgan fingerprint density at radius 2 is 1.65 bits per heavy atom. The average Bonchev–Trinajstić information content (AvgIpc) is 2.56. The van der Waals surface area contributed by atoms with Crippen LogP contribution in [0.25, 0.3) is 0 Å². The van der Waals surface area contributed by atoms with Crippen molar-refractivity contribution in [1.82, 2.24) is 10.0 Å². The summed E-state index contributed by atoms with van der Waals surface area (Å²) in [7, 11) is -2.46. The summed E-state index contributed by atoms with van der Waals surface area (Å²) in [6.07, 6.45) is 0. The monoisotopic (exact) mass is 386 g/mol. The fourth-order valence-corrected chi connectivity index (χ4v) is 3.37. The standard InChI is InChI=1S/C17H26N2O6S/c1-11(2)16(17(21)25-10-15(20)18-12(3)4)19-26(22,23)14-8-6-13(24-5)7-9-14/h6-9,11-12,16,19H,10H2,1-5H3,(H,18,20)/t16-/m0/s1. The van der Waals surface area contributed by atoms with Gasteiger partial charge in [-0.3, -0.25) is 9.59 Å². The lowest BCUT2D eigenvalue weighted by molar-refractivity contribution is -0.151. The quantitative estimate of drug-likeness (QED) is 0.614. The van der Waals surface area contributed by atoms with Crippen molar-refractivity contribution >= 4 is 21.9 Å². The third-order valence-corrected chi connectivity index (χ3v) is 4.82. The van der Waals surface area contributed by atoms with Crippen LogP contribution < -0.4 is 14.8 Å². The molecular formula is C17H26N2O6S. The molecule has 0 aliphatic heterocycles. The summed E-state index contributed by atoms with van der Waals surface area (Å²) in [5.74, 6) is -1.12. The Morgan fingerprint density at radius 1 is 1.08 bits per heavy atom. The Bertz CT molecular complexity index is 713. The van der Waals surface area contributed by atoms with Crippen LogP contribution in [0.2, 0.25) is 0 Å². The summed E-state index contributed by atoms with van der Waals surface area (Å²) in [6.45, 7) is 6.44. The van der Waals surface area contributed by atoms with Crippen molar-refractivity contribution < 1.29 is 27.5 Å². The van der Waals surface area contributed by atoms with Gasteiger partial charge in [0.1, 0.15) is 11.8 Å². The number of rotatable bonds is 9. The minimum Gasteiger partial charge on any atom is -0.497 e. The lowest BCUT2D eigenvalue weighted by Crippen LogP contribution is -2.46. The molecule has 1 aromatic carbocycles. The third kappa shape index (κ3) is 6.64. The Hall–Kier alpha value is -2.13. The zero-order chi connectivity index (χ0) is 19.9. The van der Waals surface area contributed by atoms with Crippen molar-refractivity contribution in [3.63, 3.8) is 0 Å². The van der Waals surface area contributed by atoms with E-state index in [9.17, 15) is 18.0 Å². The maximum absolute atomic E-state index is 12.5. The molecule has 0 bridgehead atoms. The first-order chi connectivity index (χ1) is 12.1. The van der Waals surface area contributed by atoms with Crippen molar-refractivity contribution in [2.45, 2.75) is 44.7 Å². The van der Waals surface area contributed by atoms with Crippen molar-refractivity contribution in [1.29, 1.82) is 0 Å². The van der Waals surface area contributed by atoms with Crippen LogP contribution in [0, 0.1) is 5.92 Å². The highest BCUT2D eigenvalue weighted by molar-refractivity contribution is 7.89. The van der Waals surface area contributed by atoms with Crippen LogP contribution in [0.5, 0.6) is 5.75 Å². The van der Waals surface area contributed by atoms with E-state index >= 15 is 0 Å². The summed E-state index contributed by atoms with van der Waals surface area (Å²) in [6, 6.07) is 4.56. The van der Waals surface area contributed by atoms with E-state index < -0.39 is 34.5 Å². The lowest BCUT2D eigenvalue weighted by atomic mass is 10.1. The van der Waals surface area contributed by atoms with Crippen LogP contribution in [-0.4, -0.2) is 46.1 Å². The Balaban J connectivity index is 2.82. The number of methoxy groups -OCH3 is 1. The third-order valence-electron chi connectivity index (χ3n) is 3.37. The first-order valence-corrected chi connectivity index (χ1v) is 9.67. The second-order valence-electron chi connectivity index (χ2n) is 6.35. The second-order valence-corrected chi connectivity index (χ2v) is 8.06. The smallest absolute Gasteiger partial charge is 0.324 e. The van der Waals surface area contributed by atoms with Gasteiger partial charge in [0.05, 0.1) is 12.0 Å². The maximum Gasteiger partial charge on any atom is 0.324 e. The summed E-state index contributed by atoms with van der Waals surface area (Å²) in [4.78, 5) is 23.8. The van der Waals surface area contributed by atoms with Crippen LogP contribution in [0.15, 0.2) is 29.2 Å². The number of carbonyl (C=O) groups is 2. The van der Waals surface area contributed by atoms with Crippen molar-refractivity contribution in [2.24, 2.45) is 5.92 Å². The molecule has 146 valence electrons. The Morgan fingerprint density at radius 3 is 2.12 bits per heavy atom. The summed E-state index contributed by atoms with van der Waals surface area (Å²) in [5, 5.41) is 2.58. The van der Waals surface area contributed by atoms with E-state index in [0.29, 0.717) is 5.75 Å². The molecule has 0 aliphatic carbocycles. The van der Waals surface area contributed by atoms with Gasteiger partial charge in [-0.25, -0.2) is 8.42 Å². The number of benzene rings is 1. The number of amides is 1. The molecule has 0 radical (unpaired) electrons. The van der Waals surface area contributed by atoms with Gasteiger partial charge in [0.2, 0.25) is 10.0 Å². The molecule has 1 amide bonds. The van der Waals surface area contributed by atoms with E-state index in [1.807, 2.05) is 0 Å². The molecule has 9 heteroatoms. The van der Waals surface area contributed by atoms with E-state index in [4.69, 9.17) is 9.47 Å². The number of esters is 1. The zero-order valence-corrected chi connectivity index (χ0v) is 16.4. The maximum atomic E-state index is 12.5. The van der Waals surface area contributed by atoms with Gasteiger partial charge < -0.3 is 14.8 Å². The molecule has 2 N–H and O–H groups in total. The van der Waals surface area contributed by atoms with Gasteiger partial charge in [-0.2, -0.15) is 4.72 Å². The van der Waals surface area contributed by atoms with Crippen LogP contribution >= 0.6 is 0 Å². The minimum atomic E-state index is -3.94. The summed E-state index contributed by atoms with van der Waals surface area (Å²) >= 11 is 0. The Kier molecular flexibility index (Phi) is 8.04. The van der Waals surface area contributed by atoms with Gasteiger partial charge in [-0.15, -0.1) is 0 Å². The first-order valence-electron chi connectivity index (χ1n) is 8.19. The fraction of sp³-hybridized carbons (Fsp3) is 0.529. The van der Waals surface area contributed by atoms with Crippen molar-refractivity contribution in [3.05, 3.63) is 24.3 Å². The zero-order valence-electron chi connectivity index (χ0n) is 15.6. The number of hydrogen-bond donors (Lipinski definition) is 2. The molecular weight excluding hydrogens is 360 g/mol. The van der Waals surface area contributed by atoms with E-state index in [2.05, 4.69) is 10.0 Å². The number of nitrogens with one attached hydrogen (secondary N) is 2. The van der Waals surface area contributed by atoms with E-state index in [0.717, 1.165) is 0 Å². The topological polar surface area (TPSA) is 111 Å². The van der Waals surface area contributed by atoms with Crippen LogP contribution in [0.1, 0.15) is 27.7 Å². The van der Waals surface area contributed by atoms with Gasteiger partial charge in [0.15, 0.2) is 6.61 Å². The molecule has 8 nitrogen and oxygen atoms in total. The minimum absolute atomic E-state index is 0.00528. The van der Waals surface area contributed by atoms with Crippen LogP contribution in [-0.2, 0) is 24.3 Å². The van der Waals surface area contributed by atoms with Gasteiger partial charge >= 0.3 is 5.97 Å². The van der Waals surface area contributed by atoms with Gasteiger partial charge in [-0.1, -0.05) is 13.8 Å². The highest BCUT2D eigenvalue weighted by atomic mass is 32.2. The molecule has 1 rings (SSSR count). The molecule has 0 heterocycles. The van der Waals surface area contributed by atoms with Crippen LogP contribution in [0.4, 0.5) is 0 Å². The van der Waals surface area contributed by atoms with Crippen molar-refractivity contribution in [3.8, 4) is 5.75 Å². The molecule has 0 spiro atoms. The molecule has 26 heavy (non-hydrogen) atoms. The molecule has 0 saturated carbocycles. The SMILES string of the molecule is COc1ccc(S(=O)(=O)N[C@H](C(=O)OCC(=O)NC(C)C)C(C)C)cc1. The number of hydrogen-bond acceptors (Lipinski definition) is 6. The predicted octanol–water partition coefficient (Wildman–Crippen LogP) is 1.07. The number of sulfonamides is 1. The van der Waals surface area contributed by atoms with Crippen molar-refractivity contribution in [2.75, 3.05) is 13.7 Å². The predicted molar refractivity (Wildman–Crippen MR) is 96.2 cm³/mol. The molecule has 0 fully saturated rings. The average molecular weight is 386 g/mol. The number of carbonyl (C=O) groups excluding carboxylic acids is 2. The van der Waals surface area contributed by atoms with E-state index in [1.54, 1.807) is 27.7 Å². The van der Waals surface area contributed by atoms with Gasteiger partial charge in [0, 0.05) is 6.04 Å². The number of ether oxygens (including phenoxy) is 2. The molecule has 0 unspecified atom stereocenters. The Labute approximate surface area is 154 Å². The highest BCUT2D eigenvalue weighted by Gasteiger charge is 2.30. The normalized spacial score (nSPS) is 12.7. The van der Waals surface area contributed by atoms with Gasteiger partial charge in [-0.05, 0) is 44.0 Å². The molecule has 0 aromatic heterocycles. The fourth-order valence-electron chi connectivity index (χ4n) is 2.04. The summed E-state index contributed by atoms with van der Waals surface area (Å²) in [5.41, 5.74) is 0. The molecule has 1 aromatic rings. The molecule has 1 atom stereocenters. The van der Waals surface area contributed by atoms with E-state index in [-0.39, 0.29) is 16.9 Å². The van der Waals surface area contributed by atoms with Gasteiger partial charge in [0.25, 0.3) is 5.91 Å². The van der Waals surface area contributed by atoms with E-state index in [1.165, 1.54) is 31.4 Å². The molecule has 0 saturated heterocycles. The lowest BCUT2D eigenvalue weighted by Gasteiger charge is -2.21. The van der Waals surface area contributed by atoms with Crippen LogP contribution in [0.3, 0.4) is 0 Å². The highest BCUT2D eigenvalue weighted by Crippen LogP contribution is 2.17.